The molecule has 3 N–H and O–H groups in total. The van der Waals surface area contributed by atoms with Crippen LogP contribution in [0.5, 0.6) is 0 Å². The Morgan fingerprint density at radius 2 is 2.24 bits per heavy atom. The Kier molecular flexibility index (Phi) is 5.42. The van der Waals surface area contributed by atoms with Gasteiger partial charge in [0.25, 0.3) is 0 Å². The first kappa shape index (κ1) is 13.4. The molecule has 1 heterocycles. The van der Waals surface area contributed by atoms with Crippen LogP contribution >= 0.6 is 0 Å². The quantitative estimate of drug-likeness (QED) is 0.424. The van der Waals surface area contributed by atoms with E-state index >= 15 is 0 Å². The van der Waals surface area contributed by atoms with Crippen molar-refractivity contribution in [3.05, 3.63) is 23.9 Å². The molecule has 0 aliphatic carbocycles. The summed E-state index contributed by atoms with van der Waals surface area (Å²) in [4.78, 5) is 6.42. The lowest BCUT2D eigenvalue weighted by Gasteiger charge is -2.21. The Hall–Kier alpha value is -1.62. The van der Waals surface area contributed by atoms with Crippen molar-refractivity contribution in [1.29, 1.82) is 5.41 Å². The molecule has 0 radical (unpaired) electrons. The van der Waals surface area contributed by atoms with E-state index in [9.17, 15) is 0 Å². The second kappa shape index (κ2) is 6.85. The molecule has 0 aromatic carbocycles. The predicted octanol–water partition coefficient (Wildman–Crippen LogP) is 1.23. The van der Waals surface area contributed by atoms with Crippen LogP contribution in [0.1, 0.15) is 19.4 Å². The van der Waals surface area contributed by atoms with Gasteiger partial charge in [0.2, 0.25) is 0 Å². The minimum Gasteiger partial charge on any atom is -0.384 e. The van der Waals surface area contributed by atoms with E-state index in [0.29, 0.717) is 12.2 Å². The van der Waals surface area contributed by atoms with E-state index in [2.05, 4.69) is 16.8 Å². The molecule has 0 saturated carbocycles. The van der Waals surface area contributed by atoms with Gasteiger partial charge in [-0.3, -0.25) is 5.41 Å². The van der Waals surface area contributed by atoms with Crippen LogP contribution in [0, 0.1) is 5.41 Å². The van der Waals surface area contributed by atoms with Gasteiger partial charge >= 0.3 is 0 Å². The lowest BCUT2D eigenvalue weighted by molar-refractivity contribution is 0.154. The van der Waals surface area contributed by atoms with Crippen LogP contribution in [-0.2, 0) is 4.74 Å². The highest BCUT2D eigenvalue weighted by atomic mass is 16.5. The third kappa shape index (κ3) is 4.03. The van der Waals surface area contributed by atoms with Crippen molar-refractivity contribution < 1.29 is 4.74 Å². The molecular weight excluding hydrogens is 216 g/mol. The minimum absolute atomic E-state index is 0.0430. The largest absolute Gasteiger partial charge is 0.384 e. The number of aromatic nitrogens is 1. The van der Waals surface area contributed by atoms with Crippen LogP contribution in [0.2, 0.25) is 0 Å². The van der Waals surface area contributed by atoms with E-state index in [-0.39, 0.29) is 5.84 Å². The smallest absolute Gasteiger partial charge is 0.128 e. The number of pyridine rings is 1. The fourth-order valence-electron chi connectivity index (χ4n) is 1.49. The number of ether oxygens (including phenoxy) is 1. The summed E-state index contributed by atoms with van der Waals surface area (Å²) in [6.45, 7) is 7.17. The van der Waals surface area contributed by atoms with E-state index < -0.39 is 0 Å². The Labute approximate surface area is 102 Å². The summed E-state index contributed by atoms with van der Waals surface area (Å²) < 4.78 is 5.33. The van der Waals surface area contributed by atoms with Gasteiger partial charge in [-0.05, 0) is 26.0 Å². The molecule has 1 aromatic rings. The van der Waals surface area contributed by atoms with Gasteiger partial charge in [0.05, 0.1) is 6.61 Å². The van der Waals surface area contributed by atoms with Crippen LogP contribution in [0.15, 0.2) is 18.3 Å². The molecule has 0 spiro atoms. The number of likely N-dealkylation sites (N-methyl/N-ethyl adjacent to an activating group) is 1. The van der Waals surface area contributed by atoms with Crippen molar-refractivity contribution in [1.82, 2.24) is 4.98 Å². The van der Waals surface area contributed by atoms with Crippen molar-refractivity contribution >= 4 is 11.7 Å². The Morgan fingerprint density at radius 1 is 1.47 bits per heavy atom. The maximum absolute atomic E-state index is 7.30. The fraction of sp³-hybridized carbons (Fsp3) is 0.500. The predicted molar refractivity (Wildman–Crippen MR) is 69.6 cm³/mol. The lowest BCUT2D eigenvalue weighted by atomic mass is 10.2. The average molecular weight is 236 g/mol. The SMILES string of the molecule is CCOCCN(CC)c1ccc(C(=N)N)cn1. The van der Waals surface area contributed by atoms with Gasteiger partial charge in [-0.15, -0.1) is 0 Å². The number of nitrogens with two attached hydrogens (primary N) is 1. The summed E-state index contributed by atoms with van der Waals surface area (Å²) in [5, 5.41) is 7.30. The summed E-state index contributed by atoms with van der Waals surface area (Å²) in [6.07, 6.45) is 1.63. The maximum atomic E-state index is 7.30. The summed E-state index contributed by atoms with van der Waals surface area (Å²) >= 11 is 0. The van der Waals surface area contributed by atoms with Crippen LogP contribution in [0.4, 0.5) is 5.82 Å². The van der Waals surface area contributed by atoms with Crippen LogP contribution < -0.4 is 10.6 Å². The highest BCUT2D eigenvalue weighted by Crippen LogP contribution is 2.10. The maximum Gasteiger partial charge on any atom is 0.128 e. The van der Waals surface area contributed by atoms with Crippen LogP contribution in [-0.4, -0.2) is 37.1 Å². The number of hydrogen-bond acceptors (Lipinski definition) is 4. The van der Waals surface area contributed by atoms with E-state index in [0.717, 1.165) is 25.5 Å². The summed E-state index contributed by atoms with van der Waals surface area (Å²) in [7, 11) is 0. The van der Waals surface area contributed by atoms with Crippen molar-refractivity contribution in [2.45, 2.75) is 13.8 Å². The van der Waals surface area contributed by atoms with Crippen LogP contribution in [0.25, 0.3) is 0 Å². The Balaban J connectivity index is 2.65. The molecule has 0 fully saturated rings. The second-order valence-corrected chi connectivity index (χ2v) is 3.60. The molecule has 0 saturated heterocycles. The highest BCUT2D eigenvalue weighted by molar-refractivity contribution is 5.94. The molecule has 0 unspecified atom stereocenters. The van der Waals surface area contributed by atoms with Crippen LogP contribution in [0.3, 0.4) is 0 Å². The van der Waals surface area contributed by atoms with Gasteiger partial charge in [-0.2, -0.15) is 0 Å². The zero-order chi connectivity index (χ0) is 12.7. The van der Waals surface area contributed by atoms with E-state index in [1.54, 1.807) is 6.20 Å². The molecule has 0 aliphatic rings. The number of anilines is 1. The van der Waals surface area contributed by atoms with E-state index in [4.69, 9.17) is 15.9 Å². The molecule has 5 heteroatoms. The number of hydrogen-bond donors (Lipinski definition) is 2. The van der Waals surface area contributed by atoms with Gasteiger partial charge in [0.15, 0.2) is 0 Å². The van der Waals surface area contributed by atoms with E-state index in [1.807, 2.05) is 19.1 Å². The molecule has 0 atom stereocenters. The standard InChI is InChI=1S/C12H20N4O/c1-3-16(7-8-17-4-2)11-6-5-10(9-15-11)12(13)14/h5-6,9H,3-4,7-8H2,1-2H3,(H3,13,14). The molecule has 5 nitrogen and oxygen atoms in total. The Morgan fingerprint density at radius 3 is 2.71 bits per heavy atom. The first-order chi connectivity index (χ1) is 8.19. The monoisotopic (exact) mass is 236 g/mol. The summed E-state index contributed by atoms with van der Waals surface area (Å²) in [6, 6.07) is 3.69. The lowest BCUT2D eigenvalue weighted by Crippen LogP contribution is -2.28. The number of nitrogens with one attached hydrogen (secondary N) is 1. The van der Waals surface area contributed by atoms with E-state index in [1.165, 1.54) is 0 Å². The topological polar surface area (TPSA) is 75.2 Å². The minimum atomic E-state index is 0.0430. The van der Waals surface area contributed by atoms with Crippen molar-refractivity contribution in [2.75, 3.05) is 31.2 Å². The fourth-order valence-corrected chi connectivity index (χ4v) is 1.49. The molecule has 17 heavy (non-hydrogen) atoms. The zero-order valence-corrected chi connectivity index (χ0v) is 10.4. The van der Waals surface area contributed by atoms with Gasteiger partial charge in [-0.25, -0.2) is 4.98 Å². The Bertz CT molecular complexity index is 350. The van der Waals surface area contributed by atoms with Crippen molar-refractivity contribution in [3.63, 3.8) is 0 Å². The highest BCUT2D eigenvalue weighted by Gasteiger charge is 2.06. The normalized spacial score (nSPS) is 10.2. The number of amidine groups is 1. The molecular formula is C12H20N4O. The molecule has 0 amide bonds. The number of rotatable bonds is 7. The molecule has 1 rings (SSSR count). The third-order valence-electron chi connectivity index (χ3n) is 2.47. The van der Waals surface area contributed by atoms with Crippen molar-refractivity contribution in [2.24, 2.45) is 5.73 Å². The molecule has 1 aromatic heterocycles. The first-order valence-electron chi connectivity index (χ1n) is 5.82. The molecule has 0 bridgehead atoms. The third-order valence-corrected chi connectivity index (χ3v) is 2.47. The van der Waals surface area contributed by atoms with Gasteiger partial charge in [0, 0.05) is 31.5 Å². The molecule has 94 valence electrons. The first-order valence-corrected chi connectivity index (χ1v) is 5.82. The number of nitrogen functional groups attached to an aromatic ring is 1. The summed E-state index contributed by atoms with van der Waals surface area (Å²) in [5.74, 6) is 0.929. The number of nitrogens with zero attached hydrogens (tertiary/aromatic N) is 2. The van der Waals surface area contributed by atoms with Gasteiger partial charge < -0.3 is 15.4 Å². The summed E-state index contributed by atoms with van der Waals surface area (Å²) in [5.41, 5.74) is 6.03. The molecule has 0 aliphatic heterocycles. The van der Waals surface area contributed by atoms with Gasteiger partial charge in [0.1, 0.15) is 11.7 Å². The second-order valence-electron chi connectivity index (χ2n) is 3.60. The van der Waals surface area contributed by atoms with Crippen molar-refractivity contribution in [3.8, 4) is 0 Å². The zero-order valence-electron chi connectivity index (χ0n) is 10.4. The van der Waals surface area contributed by atoms with Gasteiger partial charge in [-0.1, -0.05) is 0 Å². The average Bonchev–Trinajstić information content (AvgIpc) is 2.35.